The van der Waals surface area contributed by atoms with E-state index in [1.54, 1.807) is 55.6 Å². The predicted molar refractivity (Wildman–Crippen MR) is 108 cm³/mol. The summed E-state index contributed by atoms with van der Waals surface area (Å²) in [6.45, 7) is 1.02. The number of rotatable bonds is 8. The number of hydrogen-bond acceptors (Lipinski definition) is 6. The SMILES string of the molecule is COc1cccc(C2/C(=C(\O)c3ccccc3)C(=O)C(=O)N2CCNCCO)c1. The van der Waals surface area contributed by atoms with Crippen molar-refractivity contribution in [3.05, 3.63) is 71.3 Å². The molecule has 0 saturated carbocycles. The van der Waals surface area contributed by atoms with Crippen LogP contribution in [0.5, 0.6) is 5.75 Å². The molecule has 0 radical (unpaired) electrons. The van der Waals surface area contributed by atoms with Gasteiger partial charge >= 0.3 is 0 Å². The highest BCUT2D eigenvalue weighted by atomic mass is 16.5. The highest BCUT2D eigenvalue weighted by Gasteiger charge is 2.45. The summed E-state index contributed by atoms with van der Waals surface area (Å²) < 4.78 is 5.29. The Morgan fingerprint density at radius 2 is 1.86 bits per heavy atom. The van der Waals surface area contributed by atoms with Crippen molar-refractivity contribution >= 4 is 17.4 Å². The Balaban J connectivity index is 2.07. The van der Waals surface area contributed by atoms with Crippen LogP contribution in [0.15, 0.2) is 60.2 Å². The number of carbonyl (C=O) groups excluding carboxylic acids is 2. The molecule has 152 valence electrons. The van der Waals surface area contributed by atoms with E-state index in [2.05, 4.69) is 5.32 Å². The summed E-state index contributed by atoms with van der Waals surface area (Å²) >= 11 is 0. The quantitative estimate of drug-likeness (QED) is 0.272. The number of carbonyl (C=O) groups is 2. The number of amides is 1. The van der Waals surface area contributed by atoms with Crippen molar-refractivity contribution in [2.75, 3.05) is 33.4 Å². The Bertz CT molecular complexity index is 910. The third-order valence-electron chi connectivity index (χ3n) is 4.81. The van der Waals surface area contributed by atoms with Gasteiger partial charge in [0.1, 0.15) is 11.5 Å². The molecule has 1 aliphatic heterocycles. The molecule has 0 bridgehead atoms. The largest absolute Gasteiger partial charge is 0.507 e. The number of hydrogen-bond donors (Lipinski definition) is 3. The zero-order valence-corrected chi connectivity index (χ0v) is 16.2. The van der Waals surface area contributed by atoms with E-state index in [1.165, 1.54) is 4.90 Å². The van der Waals surface area contributed by atoms with Crippen LogP contribution < -0.4 is 10.1 Å². The van der Waals surface area contributed by atoms with Crippen LogP contribution in [-0.4, -0.2) is 60.2 Å². The van der Waals surface area contributed by atoms with Gasteiger partial charge < -0.3 is 25.2 Å². The molecule has 2 aromatic carbocycles. The first-order valence-corrected chi connectivity index (χ1v) is 9.37. The maximum Gasteiger partial charge on any atom is 0.295 e. The van der Waals surface area contributed by atoms with Crippen LogP contribution in [0.4, 0.5) is 0 Å². The first-order valence-electron chi connectivity index (χ1n) is 9.37. The highest BCUT2D eigenvalue weighted by molar-refractivity contribution is 6.46. The van der Waals surface area contributed by atoms with E-state index in [-0.39, 0.29) is 24.5 Å². The number of ether oxygens (including phenoxy) is 1. The van der Waals surface area contributed by atoms with Gasteiger partial charge in [0.25, 0.3) is 11.7 Å². The van der Waals surface area contributed by atoms with E-state index >= 15 is 0 Å². The Labute approximate surface area is 169 Å². The summed E-state index contributed by atoms with van der Waals surface area (Å²) in [5.41, 5.74) is 1.19. The molecule has 1 unspecified atom stereocenters. The van der Waals surface area contributed by atoms with E-state index in [1.807, 2.05) is 6.07 Å². The topological polar surface area (TPSA) is 99.1 Å². The van der Waals surface area contributed by atoms with Gasteiger partial charge in [-0.25, -0.2) is 0 Å². The molecule has 29 heavy (non-hydrogen) atoms. The molecule has 3 rings (SSSR count). The third-order valence-corrected chi connectivity index (χ3v) is 4.81. The number of Topliss-reactive ketones (excluding diaryl/α,β-unsaturated/α-hetero) is 1. The second-order valence-corrected chi connectivity index (χ2v) is 6.61. The zero-order valence-electron chi connectivity index (χ0n) is 16.2. The number of methoxy groups -OCH3 is 1. The molecule has 3 N–H and O–H groups in total. The molecule has 0 spiro atoms. The summed E-state index contributed by atoms with van der Waals surface area (Å²) in [5, 5.41) is 22.8. The summed E-state index contributed by atoms with van der Waals surface area (Å²) in [7, 11) is 1.54. The summed E-state index contributed by atoms with van der Waals surface area (Å²) in [6.07, 6.45) is 0. The number of nitrogens with one attached hydrogen (secondary N) is 1. The van der Waals surface area contributed by atoms with Crippen molar-refractivity contribution in [3.8, 4) is 5.75 Å². The third kappa shape index (κ3) is 4.31. The number of aliphatic hydroxyl groups is 2. The van der Waals surface area contributed by atoms with Crippen molar-refractivity contribution in [1.29, 1.82) is 0 Å². The van der Waals surface area contributed by atoms with Gasteiger partial charge in [0.05, 0.1) is 25.3 Å². The normalized spacial score (nSPS) is 18.3. The fraction of sp³-hybridized carbons (Fsp3) is 0.273. The summed E-state index contributed by atoms with van der Waals surface area (Å²) in [5.74, 6) is -1.00. The summed E-state index contributed by atoms with van der Waals surface area (Å²) in [6, 6.07) is 15.1. The van der Waals surface area contributed by atoms with Crippen molar-refractivity contribution in [3.63, 3.8) is 0 Å². The smallest absolute Gasteiger partial charge is 0.295 e. The van der Waals surface area contributed by atoms with Gasteiger partial charge in [0.2, 0.25) is 0 Å². The lowest BCUT2D eigenvalue weighted by Gasteiger charge is -2.25. The Morgan fingerprint density at radius 1 is 1.10 bits per heavy atom. The lowest BCUT2D eigenvalue weighted by atomic mass is 9.95. The number of likely N-dealkylation sites (tertiary alicyclic amines) is 1. The monoisotopic (exact) mass is 396 g/mol. The van der Waals surface area contributed by atoms with Gasteiger partial charge in [-0.2, -0.15) is 0 Å². The second-order valence-electron chi connectivity index (χ2n) is 6.61. The maximum absolute atomic E-state index is 12.9. The van der Waals surface area contributed by atoms with Crippen molar-refractivity contribution in [1.82, 2.24) is 10.2 Å². The maximum atomic E-state index is 12.9. The number of benzene rings is 2. The molecule has 7 nitrogen and oxygen atoms in total. The van der Waals surface area contributed by atoms with E-state index in [9.17, 15) is 14.7 Å². The van der Waals surface area contributed by atoms with Gasteiger partial charge in [-0.05, 0) is 17.7 Å². The van der Waals surface area contributed by atoms with Crippen LogP contribution >= 0.6 is 0 Å². The zero-order chi connectivity index (χ0) is 20.8. The molecule has 7 heteroatoms. The van der Waals surface area contributed by atoms with Crippen LogP contribution in [-0.2, 0) is 9.59 Å². The fourth-order valence-electron chi connectivity index (χ4n) is 3.42. The molecule has 0 aromatic heterocycles. The standard InChI is InChI=1S/C22H24N2O5/c1-29-17-9-5-8-16(14-17)19-18(20(26)15-6-3-2-4-7-15)21(27)22(28)24(19)12-10-23-11-13-25/h2-9,14,19,23,25-26H,10-13H2,1H3/b20-18+. The fourth-order valence-corrected chi connectivity index (χ4v) is 3.42. The number of ketones is 1. The van der Waals surface area contributed by atoms with E-state index in [4.69, 9.17) is 9.84 Å². The molecular weight excluding hydrogens is 372 g/mol. The molecule has 0 aliphatic carbocycles. The number of aliphatic hydroxyl groups excluding tert-OH is 2. The van der Waals surface area contributed by atoms with E-state index in [0.29, 0.717) is 30.0 Å². The Hall–Kier alpha value is -3.16. The van der Waals surface area contributed by atoms with Gasteiger partial charge in [-0.1, -0.05) is 42.5 Å². The predicted octanol–water partition coefficient (Wildman–Crippen LogP) is 1.70. The van der Waals surface area contributed by atoms with Crippen LogP contribution in [0, 0.1) is 0 Å². The minimum absolute atomic E-state index is 0.0217. The van der Waals surface area contributed by atoms with Gasteiger partial charge in [0.15, 0.2) is 0 Å². The molecule has 1 amide bonds. The van der Waals surface area contributed by atoms with Crippen molar-refractivity contribution in [2.45, 2.75) is 6.04 Å². The molecule has 1 heterocycles. The molecule has 2 aromatic rings. The summed E-state index contributed by atoms with van der Waals surface area (Å²) in [4.78, 5) is 27.1. The lowest BCUT2D eigenvalue weighted by molar-refractivity contribution is -0.139. The average Bonchev–Trinajstić information content (AvgIpc) is 3.01. The molecule has 1 aliphatic rings. The molecule has 1 saturated heterocycles. The van der Waals surface area contributed by atoms with Crippen LogP contribution in [0.1, 0.15) is 17.2 Å². The second kappa shape index (κ2) is 9.36. The Morgan fingerprint density at radius 3 is 2.55 bits per heavy atom. The first kappa shape index (κ1) is 20.6. The average molecular weight is 396 g/mol. The van der Waals surface area contributed by atoms with Gasteiger partial charge in [-0.15, -0.1) is 0 Å². The van der Waals surface area contributed by atoms with Crippen LogP contribution in [0.3, 0.4) is 0 Å². The minimum atomic E-state index is -0.735. The minimum Gasteiger partial charge on any atom is -0.507 e. The van der Waals surface area contributed by atoms with Crippen LogP contribution in [0.25, 0.3) is 5.76 Å². The van der Waals surface area contributed by atoms with E-state index in [0.717, 1.165) is 0 Å². The highest BCUT2D eigenvalue weighted by Crippen LogP contribution is 2.39. The van der Waals surface area contributed by atoms with Gasteiger partial charge in [0, 0.05) is 25.2 Å². The lowest BCUT2D eigenvalue weighted by Crippen LogP contribution is -2.36. The molecule has 1 atom stereocenters. The molecule has 1 fully saturated rings. The van der Waals surface area contributed by atoms with E-state index < -0.39 is 17.7 Å². The van der Waals surface area contributed by atoms with Gasteiger partial charge in [-0.3, -0.25) is 9.59 Å². The van der Waals surface area contributed by atoms with Crippen molar-refractivity contribution < 1.29 is 24.5 Å². The molecular formula is C22H24N2O5. The van der Waals surface area contributed by atoms with Crippen molar-refractivity contribution in [2.24, 2.45) is 0 Å². The Kier molecular flexibility index (Phi) is 6.64. The first-order chi connectivity index (χ1) is 14.1. The number of nitrogens with zero attached hydrogens (tertiary/aromatic N) is 1. The van der Waals surface area contributed by atoms with Crippen LogP contribution in [0.2, 0.25) is 0 Å².